The zero-order valence-corrected chi connectivity index (χ0v) is 13.3. The van der Waals surface area contributed by atoms with E-state index in [1.54, 1.807) is 0 Å². The molecule has 1 unspecified atom stereocenters. The molecule has 5 nitrogen and oxygen atoms in total. The molecule has 0 bridgehead atoms. The van der Waals surface area contributed by atoms with E-state index in [9.17, 15) is 4.79 Å². The number of nitrogens with zero attached hydrogens (tertiary/aromatic N) is 3. The van der Waals surface area contributed by atoms with Crippen LogP contribution in [0.4, 0.5) is 0 Å². The highest BCUT2D eigenvalue weighted by molar-refractivity contribution is 6.30. The van der Waals surface area contributed by atoms with Gasteiger partial charge in [0.25, 0.3) is 0 Å². The summed E-state index contributed by atoms with van der Waals surface area (Å²) in [6.07, 6.45) is 2.49. The Morgan fingerprint density at radius 1 is 1.32 bits per heavy atom. The fourth-order valence-corrected chi connectivity index (χ4v) is 2.95. The number of carbonyl (C=O) groups excluding carboxylic acids is 1. The first-order valence-corrected chi connectivity index (χ1v) is 7.94. The minimum atomic E-state index is 0.152. The van der Waals surface area contributed by atoms with E-state index in [4.69, 9.17) is 11.6 Å². The molecule has 1 aliphatic heterocycles. The summed E-state index contributed by atoms with van der Waals surface area (Å²) in [7, 11) is 0. The summed E-state index contributed by atoms with van der Waals surface area (Å²) in [5.74, 6) is 0.608. The molecule has 0 saturated carbocycles. The van der Waals surface area contributed by atoms with Gasteiger partial charge in [0.15, 0.2) is 0 Å². The lowest BCUT2D eigenvalue weighted by molar-refractivity contribution is -0.120. The summed E-state index contributed by atoms with van der Waals surface area (Å²) < 4.78 is 1.95. The maximum atomic E-state index is 11.4. The standard InChI is InChI=1S/C16H19ClN4O/c1-11-16(13-3-5-14(17)6-4-13)19-20-21(11)10-12-2-7-15(22)18-9-8-12/h3-6,12H,2,7-10H2,1H3,(H,18,22). The molecule has 3 rings (SSSR count). The lowest BCUT2D eigenvalue weighted by atomic mass is 10.0. The van der Waals surface area contributed by atoms with E-state index in [-0.39, 0.29) is 5.91 Å². The largest absolute Gasteiger partial charge is 0.356 e. The van der Waals surface area contributed by atoms with Gasteiger partial charge in [0.05, 0.1) is 5.69 Å². The van der Waals surface area contributed by atoms with Crippen LogP contribution in [0.25, 0.3) is 11.3 Å². The topological polar surface area (TPSA) is 59.8 Å². The van der Waals surface area contributed by atoms with Crippen molar-refractivity contribution in [2.45, 2.75) is 32.7 Å². The van der Waals surface area contributed by atoms with Gasteiger partial charge in [-0.25, -0.2) is 4.68 Å². The molecule has 1 fully saturated rings. The Morgan fingerprint density at radius 3 is 2.86 bits per heavy atom. The minimum Gasteiger partial charge on any atom is -0.356 e. The predicted molar refractivity (Wildman–Crippen MR) is 85.6 cm³/mol. The summed E-state index contributed by atoms with van der Waals surface area (Å²) >= 11 is 5.93. The second-order valence-electron chi connectivity index (χ2n) is 5.76. The summed E-state index contributed by atoms with van der Waals surface area (Å²) in [5, 5.41) is 12.2. The van der Waals surface area contributed by atoms with Crippen molar-refractivity contribution in [1.29, 1.82) is 0 Å². The van der Waals surface area contributed by atoms with Crippen LogP contribution < -0.4 is 5.32 Å². The van der Waals surface area contributed by atoms with Crippen molar-refractivity contribution >= 4 is 17.5 Å². The zero-order chi connectivity index (χ0) is 15.5. The number of aromatic nitrogens is 3. The van der Waals surface area contributed by atoms with Gasteiger partial charge in [-0.1, -0.05) is 28.9 Å². The van der Waals surface area contributed by atoms with Gasteiger partial charge in [0.1, 0.15) is 5.69 Å². The number of hydrogen-bond acceptors (Lipinski definition) is 3. The van der Waals surface area contributed by atoms with E-state index in [2.05, 4.69) is 15.6 Å². The van der Waals surface area contributed by atoms with Crippen molar-refractivity contribution < 1.29 is 4.79 Å². The maximum Gasteiger partial charge on any atom is 0.220 e. The quantitative estimate of drug-likeness (QED) is 0.946. The number of nitrogens with one attached hydrogen (secondary N) is 1. The molecule has 1 aromatic heterocycles. The van der Waals surface area contributed by atoms with Crippen molar-refractivity contribution in [1.82, 2.24) is 20.3 Å². The number of benzene rings is 1. The van der Waals surface area contributed by atoms with Crippen LogP contribution >= 0.6 is 11.6 Å². The Bertz CT molecular complexity index is 665. The van der Waals surface area contributed by atoms with E-state index >= 15 is 0 Å². The minimum absolute atomic E-state index is 0.152. The normalized spacial score (nSPS) is 18.8. The molecule has 2 aromatic rings. The molecule has 1 aromatic carbocycles. The highest BCUT2D eigenvalue weighted by Crippen LogP contribution is 2.24. The average Bonchev–Trinajstić information content (AvgIpc) is 2.73. The average molecular weight is 319 g/mol. The highest BCUT2D eigenvalue weighted by Gasteiger charge is 2.19. The van der Waals surface area contributed by atoms with Crippen LogP contribution in [0.15, 0.2) is 24.3 Å². The molecule has 1 N–H and O–H groups in total. The SMILES string of the molecule is Cc1c(-c2ccc(Cl)cc2)nnn1CC1CCNC(=O)CC1. The predicted octanol–water partition coefficient (Wildman–Crippen LogP) is 2.82. The molecule has 22 heavy (non-hydrogen) atoms. The van der Waals surface area contributed by atoms with Gasteiger partial charge < -0.3 is 5.32 Å². The summed E-state index contributed by atoms with van der Waals surface area (Å²) in [6, 6.07) is 7.63. The number of halogens is 1. The molecule has 1 saturated heterocycles. The Balaban J connectivity index is 1.75. The molecule has 0 spiro atoms. The fourth-order valence-electron chi connectivity index (χ4n) is 2.82. The van der Waals surface area contributed by atoms with E-state index in [0.717, 1.165) is 42.9 Å². The Labute approximate surface area is 134 Å². The molecular weight excluding hydrogens is 300 g/mol. The van der Waals surface area contributed by atoms with E-state index in [1.165, 1.54) is 0 Å². The fraction of sp³-hybridized carbons (Fsp3) is 0.438. The number of rotatable bonds is 3. The maximum absolute atomic E-state index is 11.4. The van der Waals surface area contributed by atoms with Gasteiger partial charge in [-0.2, -0.15) is 0 Å². The van der Waals surface area contributed by atoms with Crippen molar-refractivity contribution in [3.05, 3.63) is 35.0 Å². The third-order valence-corrected chi connectivity index (χ3v) is 4.44. The second kappa shape index (κ2) is 6.48. The molecule has 1 aliphatic rings. The first-order valence-electron chi connectivity index (χ1n) is 7.56. The smallest absolute Gasteiger partial charge is 0.220 e. The number of amides is 1. The Hall–Kier alpha value is -1.88. The highest BCUT2D eigenvalue weighted by atomic mass is 35.5. The molecular formula is C16H19ClN4O. The van der Waals surface area contributed by atoms with E-state index in [0.29, 0.717) is 17.4 Å². The molecule has 1 atom stereocenters. The van der Waals surface area contributed by atoms with Gasteiger partial charge >= 0.3 is 0 Å². The number of carbonyl (C=O) groups is 1. The van der Waals surface area contributed by atoms with Crippen LogP contribution in [-0.4, -0.2) is 27.4 Å². The second-order valence-corrected chi connectivity index (χ2v) is 6.19. The summed E-state index contributed by atoms with van der Waals surface area (Å²) in [4.78, 5) is 11.4. The first-order chi connectivity index (χ1) is 10.6. The van der Waals surface area contributed by atoms with Crippen molar-refractivity contribution in [2.75, 3.05) is 6.54 Å². The molecule has 1 amide bonds. The molecule has 0 radical (unpaired) electrons. The molecule has 0 aliphatic carbocycles. The van der Waals surface area contributed by atoms with Crippen LogP contribution in [0.1, 0.15) is 25.0 Å². The van der Waals surface area contributed by atoms with Crippen molar-refractivity contribution in [3.63, 3.8) is 0 Å². The first kappa shape index (κ1) is 15.0. The van der Waals surface area contributed by atoms with Gasteiger partial charge in [0, 0.05) is 30.1 Å². The molecule has 2 heterocycles. The molecule has 6 heteroatoms. The Morgan fingerprint density at radius 2 is 2.09 bits per heavy atom. The molecule has 116 valence electrons. The van der Waals surface area contributed by atoms with Gasteiger partial charge in [-0.3, -0.25) is 4.79 Å². The monoisotopic (exact) mass is 318 g/mol. The third kappa shape index (κ3) is 3.30. The van der Waals surface area contributed by atoms with Crippen LogP contribution in [0.3, 0.4) is 0 Å². The number of hydrogen-bond donors (Lipinski definition) is 1. The zero-order valence-electron chi connectivity index (χ0n) is 12.6. The van der Waals surface area contributed by atoms with E-state index < -0.39 is 0 Å². The van der Waals surface area contributed by atoms with Crippen LogP contribution in [0.2, 0.25) is 5.02 Å². The Kier molecular flexibility index (Phi) is 4.43. The van der Waals surface area contributed by atoms with Gasteiger partial charge in [-0.15, -0.1) is 5.10 Å². The van der Waals surface area contributed by atoms with Crippen molar-refractivity contribution in [3.8, 4) is 11.3 Å². The van der Waals surface area contributed by atoms with Gasteiger partial charge in [0.2, 0.25) is 5.91 Å². The summed E-state index contributed by atoms with van der Waals surface area (Å²) in [6.45, 7) is 3.59. The van der Waals surface area contributed by atoms with Crippen molar-refractivity contribution in [2.24, 2.45) is 5.92 Å². The van der Waals surface area contributed by atoms with Crippen LogP contribution in [0, 0.1) is 12.8 Å². The lowest BCUT2D eigenvalue weighted by Gasteiger charge is -2.13. The van der Waals surface area contributed by atoms with Gasteiger partial charge in [-0.05, 0) is 37.8 Å². The van der Waals surface area contributed by atoms with Crippen LogP contribution in [0.5, 0.6) is 0 Å². The third-order valence-electron chi connectivity index (χ3n) is 4.19. The van der Waals surface area contributed by atoms with E-state index in [1.807, 2.05) is 35.9 Å². The van der Waals surface area contributed by atoms with Crippen LogP contribution in [-0.2, 0) is 11.3 Å². The summed E-state index contributed by atoms with van der Waals surface area (Å²) in [5.41, 5.74) is 2.95. The lowest BCUT2D eigenvalue weighted by Crippen LogP contribution is -2.21.